The molecule has 0 unspecified atom stereocenters. The second kappa shape index (κ2) is 8.33. The lowest BCUT2D eigenvalue weighted by Crippen LogP contribution is -2.30. The van der Waals surface area contributed by atoms with Crippen LogP contribution in [0.3, 0.4) is 0 Å². The molecule has 0 saturated heterocycles. The predicted octanol–water partition coefficient (Wildman–Crippen LogP) is 2.93. The molecule has 0 spiro atoms. The van der Waals surface area contributed by atoms with Gasteiger partial charge in [0.05, 0.1) is 19.4 Å². The van der Waals surface area contributed by atoms with Gasteiger partial charge in [0.15, 0.2) is 0 Å². The molecule has 0 aliphatic rings. The molecule has 26 heavy (non-hydrogen) atoms. The van der Waals surface area contributed by atoms with Crippen molar-refractivity contribution in [1.82, 2.24) is 4.72 Å². The molecule has 1 atom stereocenters. The first-order valence-corrected chi connectivity index (χ1v) is 10.1. The van der Waals surface area contributed by atoms with Crippen LogP contribution in [0.25, 0.3) is 0 Å². The van der Waals surface area contributed by atoms with E-state index in [0.717, 1.165) is 23.1 Å². The minimum Gasteiger partial charge on any atom is -0.497 e. The Morgan fingerprint density at radius 2 is 1.77 bits per heavy atom. The molecule has 0 radical (unpaired) electrons. The average molecular weight is 376 g/mol. The Bertz CT molecular complexity index is 877. The molecule has 6 nitrogen and oxygen atoms in total. The second-order valence-electron chi connectivity index (χ2n) is 6.22. The fourth-order valence-corrected chi connectivity index (χ4v) is 3.33. The van der Waals surface area contributed by atoms with Crippen LogP contribution >= 0.6 is 0 Å². The monoisotopic (exact) mass is 376 g/mol. The number of amides is 1. The summed E-state index contributed by atoms with van der Waals surface area (Å²) < 4.78 is 31.1. The standard InChI is InChI=1S/C19H24N2O4S/c1-13-6-5-7-17(14(13)2)20-19(22)12-18(21-26(4,23)24)15-8-10-16(25-3)11-9-15/h5-11,18,21H,12H2,1-4H3,(H,20,22)/t18-/m0/s1. The Labute approximate surface area is 154 Å². The lowest BCUT2D eigenvalue weighted by Gasteiger charge is -2.19. The van der Waals surface area contributed by atoms with E-state index >= 15 is 0 Å². The van der Waals surface area contributed by atoms with E-state index in [9.17, 15) is 13.2 Å². The van der Waals surface area contributed by atoms with Gasteiger partial charge in [0.1, 0.15) is 5.75 Å². The van der Waals surface area contributed by atoms with Crippen LogP contribution in [-0.4, -0.2) is 27.7 Å². The second-order valence-corrected chi connectivity index (χ2v) is 8.00. The average Bonchev–Trinajstić information content (AvgIpc) is 2.57. The largest absolute Gasteiger partial charge is 0.497 e. The number of nitrogens with one attached hydrogen (secondary N) is 2. The quantitative estimate of drug-likeness (QED) is 0.778. The molecule has 0 saturated carbocycles. The van der Waals surface area contributed by atoms with E-state index in [1.54, 1.807) is 31.4 Å². The summed E-state index contributed by atoms with van der Waals surface area (Å²) in [6.45, 7) is 3.90. The topological polar surface area (TPSA) is 84.5 Å². The zero-order valence-electron chi connectivity index (χ0n) is 15.4. The third-order valence-electron chi connectivity index (χ3n) is 4.14. The van der Waals surface area contributed by atoms with Crippen molar-refractivity contribution in [3.05, 3.63) is 59.2 Å². The highest BCUT2D eigenvalue weighted by Crippen LogP contribution is 2.23. The van der Waals surface area contributed by atoms with Crippen LogP contribution in [0, 0.1) is 13.8 Å². The first-order chi connectivity index (χ1) is 12.2. The van der Waals surface area contributed by atoms with Crippen LogP contribution in [0.4, 0.5) is 5.69 Å². The number of hydrogen-bond acceptors (Lipinski definition) is 4. The van der Waals surface area contributed by atoms with Gasteiger partial charge in [0, 0.05) is 12.1 Å². The van der Waals surface area contributed by atoms with Gasteiger partial charge in [-0.1, -0.05) is 24.3 Å². The zero-order chi connectivity index (χ0) is 19.3. The Morgan fingerprint density at radius 3 is 2.35 bits per heavy atom. The van der Waals surface area contributed by atoms with Gasteiger partial charge in [-0.3, -0.25) is 4.79 Å². The van der Waals surface area contributed by atoms with Gasteiger partial charge in [0.25, 0.3) is 0 Å². The molecule has 0 fully saturated rings. The molecular weight excluding hydrogens is 352 g/mol. The number of rotatable bonds is 7. The van der Waals surface area contributed by atoms with Gasteiger partial charge in [0.2, 0.25) is 15.9 Å². The maximum atomic E-state index is 12.5. The van der Waals surface area contributed by atoms with E-state index in [1.165, 1.54) is 0 Å². The van der Waals surface area contributed by atoms with Crippen molar-refractivity contribution in [2.45, 2.75) is 26.3 Å². The van der Waals surface area contributed by atoms with Crippen molar-refractivity contribution in [2.24, 2.45) is 0 Å². The Hall–Kier alpha value is -2.38. The molecule has 2 aromatic rings. The van der Waals surface area contributed by atoms with Crippen molar-refractivity contribution >= 4 is 21.6 Å². The highest BCUT2D eigenvalue weighted by molar-refractivity contribution is 7.88. The van der Waals surface area contributed by atoms with Gasteiger partial charge < -0.3 is 10.1 Å². The highest BCUT2D eigenvalue weighted by Gasteiger charge is 2.20. The van der Waals surface area contributed by atoms with Crippen molar-refractivity contribution in [3.8, 4) is 5.75 Å². The number of methoxy groups -OCH3 is 1. The lowest BCUT2D eigenvalue weighted by molar-refractivity contribution is -0.116. The lowest BCUT2D eigenvalue weighted by atomic mass is 10.0. The predicted molar refractivity (Wildman–Crippen MR) is 103 cm³/mol. The van der Waals surface area contributed by atoms with Gasteiger partial charge in [-0.05, 0) is 48.7 Å². The molecule has 0 aliphatic carbocycles. The third-order valence-corrected chi connectivity index (χ3v) is 4.86. The summed E-state index contributed by atoms with van der Waals surface area (Å²) in [7, 11) is -1.93. The summed E-state index contributed by atoms with van der Waals surface area (Å²) in [5.41, 5.74) is 3.47. The van der Waals surface area contributed by atoms with E-state index in [4.69, 9.17) is 4.74 Å². The summed E-state index contributed by atoms with van der Waals surface area (Å²) >= 11 is 0. The van der Waals surface area contributed by atoms with Crippen molar-refractivity contribution in [2.75, 3.05) is 18.7 Å². The Balaban J connectivity index is 2.19. The van der Waals surface area contributed by atoms with E-state index < -0.39 is 16.1 Å². The molecule has 140 valence electrons. The summed E-state index contributed by atoms with van der Waals surface area (Å²) in [5, 5.41) is 2.86. The van der Waals surface area contributed by atoms with E-state index in [1.807, 2.05) is 32.0 Å². The number of anilines is 1. The molecule has 0 bridgehead atoms. The number of sulfonamides is 1. The van der Waals surface area contributed by atoms with Crippen LogP contribution < -0.4 is 14.8 Å². The molecule has 0 aromatic heterocycles. The van der Waals surface area contributed by atoms with Crippen LogP contribution in [0.2, 0.25) is 0 Å². The fraction of sp³-hybridized carbons (Fsp3) is 0.316. The Kier molecular flexibility index (Phi) is 6.39. The maximum Gasteiger partial charge on any atom is 0.226 e. The Morgan fingerprint density at radius 1 is 1.12 bits per heavy atom. The summed E-state index contributed by atoms with van der Waals surface area (Å²) in [6, 6.07) is 11.9. The number of ether oxygens (including phenoxy) is 1. The van der Waals surface area contributed by atoms with Gasteiger partial charge >= 0.3 is 0 Å². The minimum absolute atomic E-state index is 0.0211. The third kappa shape index (κ3) is 5.57. The van der Waals surface area contributed by atoms with Gasteiger partial charge in [-0.2, -0.15) is 0 Å². The van der Waals surface area contributed by atoms with E-state index in [-0.39, 0.29) is 12.3 Å². The summed E-state index contributed by atoms with van der Waals surface area (Å²) in [6.07, 6.45) is 1.05. The first-order valence-electron chi connectivity index (χ1n) is 8.17. The number of aryl methyl sites for hydroxylation is 1. The molecule has 0 aliphatic heterocycles. The molecular formula is C19H24N2O4S. The van der Waals surface area contributed by atoms with Crippen molar-refractivity contribution in [3.63, 3.8) is 0 Å². The molecule has 2 aromatic carbocycles. The van der Waals surface area contributed by atoms with Crippen LogP contribution in [0.15, 0.2) is 42.5 Å². The molecule has 7 heteroatoms. The molecule has 2 N–H and O–H groups in total. The van der Waals surface area contributed by atoms with Crippen LogP contribution in [0.5, 0.6) is 5.75 Å². The van der Waals surface area contributed by atoms with E-state index in [2.05, 4.69) is 10.0 Å². The molecule has 2 rings (SSSR count). The van der Waals surface area contributed by atoms with Crippen molar-refractivity contribution in [1.29, 1.82) is 0 Å². The highest BCUT2D eigenvalue weighted by atomic mass is 32.2. The van der Waals surface area contributed by atoms with Crippen LogP contribution in [-0.2, 0) is 14.8 Å². The zero-order valence-corrected chi connectivity index (χ0v) is 16.2. The number of carbonyl (C=O) groups excluding carboxylic acids is 1. The number of carbonyl (C=O) groups is 1. The van der Waals surface area contributed by atoms with Gasteiger partial charge in [-0.25, -0.2) is 13.1 Å². The number of benzene rings is 2. The van der Waals surface area contributed by atoms with Crippen LogP contribution in [0.1, 0.15) is 29.2 Å². The fourth-order valence-electron chi connectivity index (χ4n) is 2.60. The molecule has 1 amide bonds. The maximum absolute atomic E-state index is 12.5. The SMILES string of the molecule is COc1ccc([C@H](CC(=O)Nc2cccc(C)c2C)NS(C)(=O)=O)cc1. The normalized spacial score (nSPS) is 12.5. The van der Waals surface area contributed by atoms with E-state index in [0.29, 0.717) is 11.3 Å². The van der Waals surface area contributed by atoms with Crippen molar-refractivity contribution < 1.29 is 17.9 Å². The summed E-state index contributed by atoms with van der Waals surface area (Å²) in [5.74, 6) is 0.391. The van der Waals surface area contributed by atoms with Gasteiger partial charge in [-0.15, -0.1) is 0 Å². The first kappa shape index (κ1) is 19.9. The number of hydrogen-bond donors (Lipinski definition) is 2. The summed E-state index contributed by atoms with van der Waals surface area (Å²) in [4.78, 5) is 12.5. The minimum atomic E-state index is -3.48. The molecule has 0 heterocycles. The smallest absolute Gasteiger partial charge is 0.226 e.